The highest BCUT2D eigenvalue weighted by molar-refractivity contribution is 9.10. The van der Waals surface area contributed by atoms with Gasteiger partial charge in [0.2, 0.25) is 5.78 Å². The molecule has 0 N–H and O–H groups in total. The Morgan fingerprint density at radius 1 is 1.20 bits per heavy atom. The Morgan fingerprint density at radius 3 is 2.40 bits per heavy atom. The first kappa shape index (κ1) is 21.9. The molecule has 4 nitrogen and oxygen atoms in total. The minimum Gasteiger partial charge on any atom is -0.457 e. The molecule has 0 aliphatic heterocycles. The van der Waals surface area contributed by atoms with Crippen LogP contribution in [0.15, 0.2) is 6.07 Å². The first-order chi connectivity index (χ1) is 13.9. The van der Waals surface area contributed by atoms with Gasteiger partial charge in [-0.05, 0) is 75.7 Å². The average molecular weight is 490 g/mol. The molecule has 0 amide bonds. The van der Waals surface area contributed by atoms with E-state index in [0.29, 0.717) is 24.0 Å². The van der Waals surface area contributed by atoms with Gasteiger partial charge in [-0.25, -0.2) is 0 Å². The number of rotatable bonds is 6. The summed E-state index contributed by atoms with van der Waals surface area (Å²) in [5, 5.41) is 0. The van der Waals surface area contributed by atoms with Crippen LogP contribution in [0.4, 0.5) is 13.2 Å². The second kappa shape index (κ2) is 7.38. The fourth-order valence-electron chi connectivity index (χ4n) is 6.63. The van der Waals surface area contributed by atoms with E-state index in [4.69, 9.17) is 4.74 Å². The van der Waals surface area contributed by atoms with Crippen LogP contribution in [0.1, 0.15) is 66.7 Å². The second-order valence-electron chi connectivity index (χ2n) is 9.86. The second-order valence-corrected chi connectivity index (χ2v) is 11.5. The predicted molar refractivity (Wildman–Crippen MR) is 109 cm³/mol. The predicted octanol–water partition coefficient (Wildman–Crippen LogP) is 5.52. The van der Waals surface area contributed by atoms with E-state index in [1.807, 2.05) is 0 Å². The zero-order chi connectivity index (χ0) is 21.9. The number of hydrogen-bond acceptors (Lipinski definition) is 3. The van der Waals surface area contributed by atoms with E-state index in [1.165, 1.54) is 39.2 Å². The van der Waals surface area contributed by atoms with Crippen molar-refractivity contribution in [2.45, 2.75) is 75.8 Å². The molecule has 1 aromatic rings. The van der Waals surface area contributed by atoms with Crippen LogP contribution in [-0.4, -0.2) is 33.4 Å². The molecule has 4 atom stereocenters. The highest BCUT2D eigenvalue weighted by Gasteiger charge is 2.57. The highest BCUT2D eigenvalue weighted by atomic mass is 79.9. The molecular weight excluding hydrogens is 463 g/mol. The van der Waals surface area contributed by atoms with Gasteiger partial charge in [-0.1, -0.05) is 15.9 Å². The van der Waals surface area contributed by atoms with Crippen LogP contribution in [0.3, 0.4) is 0 Å². The monoisotopic (exact) mass is 489 g/mol. The molecule has 0 spiro atoms. The Morgan fingerprint density at radius 2 is 1.83 bits per heavy atom. The van der Waals surface area contributed by atoms with Crippen LogP contribution in [0, 0.1) is 31.1 Å². The number of aromatic nitrogens is 1. The van der Waals surface area contributed by atoms with E-state index in [-0.39, 0.29) is 27.0 Å². The third-order valence-corrected chi connectivity index (χ3v) is 8.13. The summed E-state index contributed by atoms with van der Waals surface area (Å²) in [6.07, 6.45) is 2.58. The number of halogens is 4. The largest absolute Gasteiger partial charge is 0.457 e. The Bertz CT molecular complexity index is 862. The molecule has 4 bridgehead atoms. The topological polar surface area (TPSA) is 48.3 Å². The van der Waals surface area contributed by atoms with Crippen molar-refractivity contribution in [2.24, 2.45) is 17.3 Å². The number of aryl methyl sites for hydroxylation is 1. The third kappa shape index (κ3) is 4.34. The number of alkyl halides is 4. The average Bonchev–Trinajstić information content (AvgIpc) is 2.84. The van der Waals surface area contributed by atoms with E-state index in [1.54, 1.807) is 0 Å². The van der Waals surface area contributed by atoms with Crippen molar-refractivity contribution >= 4 is 27.7 Å². The van der Waals surface area contributed by atoms with Gasteiger partial charge < -0.3 is 9.30 Å². The standard InChI is InChI=1S/C22H27BrF3NO3/c1-13-3-17(14(2)27(13)12-22(24,25)26)18(28)10-30-19(29)9-20-5-15-4-16(6-20)8-21(23,7-15)11-20/h3,15-16H,4-12H2,1-2H3/t15-,16+,20?,21?. The lowest BCUT2D eigenvalue weighted by atomic mass is 9.49. The van der Waals surface area contributed by atoms with Gasteiger partial charge in [-0.3, -0.25) is 9.59 Å². The molecule has 5 rings (SSSR count). The van der Waals surface area contributed by atoms with Gasteiger partial charge in [0.1, 0.15) is 6.54 Å². The van der Waals surface area contributed by atoms with E-state index in [9.17, 15) is 22.8 Å². The Hall–Kier alpha value is -1.31. The number of ether oxygens (including phenoxy) is 1. The molecule has 30 heavy (non-hydrogen) atoms. The zero-order valence-corrected chi connectivity index (χ0v) is 18.9. The molecule has 4 aliphatic rings. The van der Waals surface area contributed by atoms with Gasteiger partial charge in [-0.15, -0.1) is 0 Å². The zero-order valence-electron chi connectivity index (χ0n) is 17.3. The van der Waals surface area contributed by atoms with Crippen molar-refractivity contribution in [1.29, 1.82) is 0 Å². The minimum atomic E-state index is -4.37. The van der Waals surface area contributed by atoms with Crippen molar-refractivity contribution in [1.82, 2.24) is 4.57 Å². The van der Waals surface area contributed by atoms with Crippen LogP contribution < -0.4 is 0 Å². The van der Waals surface area contributed by atoms with Crippen LogP contribution in [0.5, 0.6) is 0 Å². The molecule has 2 unspecified atom stereocenters. The molecule has 8 heteroatoms. The number of ketones is 1. The van der Waals surface area contributed by atoms with Crippen LogP contribution >= 0.6 is 15.9 Å². The number of nitrogens with zero attached hydrogens (tertiary/aromatic N) is 1. The molecule has 1 aromatic heterocycles. The Labute approximate surface area is 182 Å². The molecule has 4 saturated carbocycles. The van der Waals surface area contributed by atoms with Gasteiger partial charge in [0.15, 0.2) is 6.61 Å². The van der Waals surface area contributed by atoms with E-state index < -0.39 is 25.1 Å². The normalized spacial score (nSPS) is 32.5. The number of carbonyl (C=O) groups is 2. The molecule has 166 valence electrons. The van der Waals surface area contributed by atoms with E-state index in [2.05, 4.69) is 15.9 Å². The maximum atomic E-state index is 12.8. The maximum Gasteiger partial charge on any atom is 0.406 e. The quantitative estimate of drug-likeness (QED) is 0.300. The highest BCUT2D eigenvalue weighted by Crippen LogP contribution is 2.65. The molecule has 1 heterocycles. The summed E-state index contributed by atoms with van der Waals surface area (Å²) < 4.78 is 44.8. The fourth-order valence-corrected chi connectivity index (χ4v) is 8.14. The van der Waals surface area contributed by atoms with Gasteiger partial charge in [0.25, 0.3) is 0 Å². The van der Waals surface area contributed by atoms with Gasteiger partial charge in [-0.2, -0.15) is 13.2 Å². The van der Waals surface area contributed by atoms with Crippen LogP contribution in [-0.2, 0) is 16.1 Å². The van der Waals surface area contributed by atoms with Crippen molar-refractivity contribution < 1.29 is 27.5 Å². The van der Waals surface area contributed by atoms with Crippen molar-refractivity contribution in [3.8, 4) is 0 Å². The number of esters is 1. The SMILES string of the molecule is Cc1cc(C(=O)COC(=O)CC23C[C@@H]4C[C@@H](CC(Br)(C4)C2)C3)c(C)n1CC(F)(F)F. The van der Waals surface area contributed by atoms with Gasteiger partial charge in [0.05, 0.1) is 6.42 Å². The Balaban J connectivity index is 1.37. The van der Waals surface area contributed by atoms with Crippen LogP contribution in [0.25, 0.3) is 0 Å². The summed E-state index contributed by atoms with van der Waals surface area (Å²) in [6, 6.07) is 1.44. The van der Waals surface area contributed by atoms with Gasteiger partial charge in [0, 0.05) is 21.3 Å². The summed E-state index contributed by atoms with van der Waals surface area (Å²) in [6.45, 7) is 1.44. The summed E-state index contributed by atoms with van der Waals surface area (Å²) in [5.74, 6) is 0.455. The maximum absolute atomic E-state index is 12.8. The summed E-state index contributed by atoms with van der Waals surface area (Å²) in [7, 11) is 0. The first-order valence-corrected chi connectivity index (χ1v) is 11.3. The smallest absolute Gasteiger partial charge is 0.406 e. The minimum absolute atomic E-state index is 0.0454. The third-order valence-electron chi connectivity index (χ3n) is 7.21. The van der Waals surface area contributed by atoms with Crippen molar-refractivity contribution in [3.05, 3.63) is 23.0 Å². The number of carbonyl (C=O) groups excluding carboxylic acids is 2. The first-order valence-electron chi connectivity index (χ1n) is 10.5. The molecule has 4 fully saturated rings. The van der Waals surface area contributed by atoms with E-state index in [0.717, 1.165) is 23.8 Å². The molecule has 0 radical (unpaired) electrons. The Kier molecular flexibility index (Phi) is 5.39. The lowest BCUT2D eigenvalue weighted by Gasteiger charge is -2.60. The summed E-state index contributed by atoms with van der Waals surface area (Å²) in [4.78, 5) is 25.1. The van der Waals surface area contributed by atoms with Crippen molar-refractivity contribution in [2.75, 3.05) is 6.61 Å². The molecular formula is C22H27BrF3NO3. The van der Waals surface area contributed by atoms with Crippen molar-refractivity contribution in [3.63, 3.8) is 0 Å². The summed E-state index contributed by atoms with van der Waals surface area (Å²) >= 11 is 3.92. The van der Waals surface area contributed by atoms with Gasteiger partial charge >= 0.3 is 12.1 Å². The lowest BCUT2D eigenvalue weighted by molar-refractivity contribution is -0.149. The number of Topliss-reactive ketones (excluding diaryl/α,β-unsaturated/α-hetero) is 1. The molecule has 4 aliphatic carbocycles. The number of hydrogen-bond donors (Lipinski definition) is 0. The fraction of sp³-hybridized carbons (Fsp3) is 0.727. The molecule has 0 aromatic carbocycles. The van der Waals surface area contributed by atoms with E-state index >= 15 is 0 Å². The van der Waals surface area contributed by atoms with Crippen LogP contribution in [0.2, 0.25) is 0 Å². The summed E-state index contributed by atoms with van der Waals surface area (Å²) in [5.41, 5.74) is 0.735. The molecule has 0 saturated heterocycles. The lowest BCUT2D eigenvalue weighted by Crippen LogP contribution is -2.53.